The third-order valence-electron chi connectivity index (χ3n) is 10.1. The first kappa shape index (κ1) is 28.2. The van der Waals surface area contributed by atoms with Crippen molar-refractivity contribution in [1.82, 2.24) is 4.90 Å². The zero-order valence-corrected chi connectivity index (χ0v) is 25.9. The van der Waals surface area contributed by atoms with E-state index in [2.05, 4.69) is 13.8 Å². The van der Waals surface area contributed by atoms with Gasteiger partial charge in [0.15, 0.2) is 0 Å². The van der Waals surface area contributed by atoms with Gasteiger partial charge in [0.2, 0.25) is 0 Å². The predicted molar refractivity (Wildman–Crippen MR) is 180 cm³/mol. The Morgan fingerprint density at radius 2 is 1.11 bits per heavy atom. The lowest BCUT2D eigenvalue weighted by atomic mass is 9.82. The second kappa shape index (κ2) is 10.1. The molecule has 0 bridgehead atoms. The lowest BCUT2D eigenvalue weighted by molar-refractivity contribution is 0.0579. The number of hydrogen-bond acceptors (Lipinski definition) is 5. The van der Waals surface area contributed by atoms with Crippen molar-refractivity contribution < 1.29 is 24.3 Å². The van der Waals surface area contributed by atoms with Crippen LogP contribution in [-0.2, 0) is 0 Å². The third-order valence-corrected chi connectivity index (χ3v) is 10.1. The van der Waals surface area contributed by atoms with Crippen LogP contribution in [-0.4, -0.2) is 40.2 Å². The first-order valence-corrected chi connectivity index (χ1v) is 16.0. The quantitative estimate of drug-likeness (QED) is 0.112. The Hall–Kier alpha value is -5.30. The number of phenolic OH excluding ortho intramolecular Hbond substituents is 1. The number of benzene rings is 6. The topological polar surface area (TPSA) is 95.0 Å². The summed E-state index contributed by atoms with van der Waals surface area (Å²) in [5, 5.41) is 16.3. The monoisotopic (exact) mass is 608 g/mol. The van der Waals surface area contributed by atoms with Crippen LogP contribution in [0, 0.1) is 12.8 Å². The zero-order chi connectivity index (χ0) is 32.0. The number of aryl methyl sites for hydroxylation is 1. The Morgan fingerprint density at radius 3 is 1.54 bits per heavy atom. The van der Waals surface area contributed by atoms with Crippen LogP contribution >= 0.6 is 0 Å². The Balaban J connectivity index is 1.33. The molecule has 2 aliphatic rings. The number of rotatable bonds is 7. The van der Waals surface area contributed by atoms with E-state index in [0.717, 1.165) is 58.0 Å². The summed E-state index contributed by atoms with van der Waals surface area (Å²) in [7, 11) is 0. The molecule has 1 atom stereocenters. The van der Waals surface area contributed by atoms with E-state index in [9.17, 15) is 24.3 Å². The van der Waals surface area contributed by atoms with Gasteiger partial charge in [0.05, 0.1) is 5.69 Å². The highest BCUT2D eigenvalue weighted by atomic mass is 16.3. The second-order valence-electron chi connectivity index (χ2n) is 12.7. The average molecular weight is 609 g/mol. The van der Waals surface area contributed by atoms with Gasteiger partial charge in [-0.2, -0.15) is 0 Å². The fourth-order valence-corrected chi connectivity index (χ4v) is 7.77. The summed E-state index contributed by atoms with van der Waals surface area (Å²) in [6.07, 6.45) is 4.02. The van der Waals surface area contributed by atoms with Gasteiger partial charge in [-0.3, -0.25) is 24.1 Å². The minimum atomic E-state index is -0.424. The molecule has 1 N–H and O–H groups in total. The minimum Gasteiger partial charge on any atom is -0.508 e. The van der Waals surface area contributed by atoms with E-state index >= 15 is 0 Å². The molecule has 228 valence electrons. The Kier molecular flexibility index (Phi) is 6.19. The molecule has 0 saturated heterocycles. The van der Waals surface area contributed by atoms with E-state index in [1.165, 1.54) is 21.9 Å². The Morgan fingerprint density at radius 1 is 0.630 bits per heavy atom. The number of amides is 4. The molecule has 46 heavy (non-hydrogen) atoms. The number of fused-ring (bicyclic) bond motifs is 2. The fourth-order valence-electron chi connectivity index (χ4n) is 7.77. The molecule has 8 rings (SSSR count). The van der Waals surface area contributed by atoms with Gasteiger partial charge in [0.1, 0.15) is 5.75 Å². The highest BCUT2D eigenvalue weighted by molar-refractivity contribution is 6.43. The summed E-state index contributed by atoms with van der Waals surface area (Å²) < 4.78 is 0. The number of imide groups is 2. The van der Waals surface area contributed by atoms with E-state index in [1.54, 1.807) is 25.1 Å². The molecule has 4 amide bonds. The van der Waals surface area contributed by atoms with Gasteiger partial charge >= 0.3 is 0 Å². The van der Waals surface area contributed by atoms with E-state index in [0.29, 0.717) is 50.8 Å². The molecule has 0 aliphatic carbocycles. The van der Waals surface area contributed by atoms with Crippen molar-refractivity contribution in [2.75, 3.05) is 11.4 Å². The average Bonchev–Trinajstić information content (AvgIpc) is 3.06. The zero-order valence-electron chi connectivity index (χ0n) is 25.9. The maximum atomic E-state index is 14.0. The largest absolute Gasteiger partial charge is 0.508 e. The molecule has 2 heterocycles. The smallest absolute Gasteiger partial charge is 0.265 e. The number of anilines is 1. The summed E-state index contributed by atoms with van der Waals surface area (Å²) in [6.45, 7) is 6.42. The summed E-state index contributed by atoms with van der Waals surface area (Å²) in [5.74, 6) is -1.04. The lowest BCUT2D eigenvalue weighted by Gasteiger charge is -2.31. The standard InChI is InChI=1S/C39H32N2O5/c1-4-6-7-21(5-2)19-40-36(43)27-13-9-23-25-11-15-29-35-30(39(46)41(38(29)45)31-17-8-22(42)18-20(31)3)16-12-26(33(25)35)24-10-14-28(37(40)44)34(27)32(23)24/h8-18,21,42H,4-7,19H2,1-3H3. The molecule has 6 aromatic rings. The number of nitrogens with zero attached hydrogens (tertiary/aromatic N) is 2. The van der Waals surface area contributed by atoms with Gasteiger partial charge in [-0.25, -0.2) is 4.90 Å². The molecular formula is C39H32N2O5. The molecule has 0 aromatic heterocycles. The molecule has 0 radical (unpaired) electrons. The van der Waals surface area contributed by atoms with Crippen LogP contribution in [0.25, 0.3) is 43.1 Å². The first-order chi connectivity index (χ1) is 22.2. The van der Waals surface area contributed by atoms with Crippen molar-refractivity contribution in [2.45, 2.75) is 46.5 Å². The fraction of sp³-hybridized carbons (Fsp3) is 0.231. The van der Waals surface area contributed by atoms with Crippen LogP contribution in [0.2, 0.25) is 0 Å². The Labute approximate surface area is 265 Å². The highest BCUT2D eigenvalue weighted by Gasteiger charge is 2.38. The molecule has 6 aromatic carbocycles. The third kappa shape index (κ3) is 3.71. The van der Waals surface area contributed by atoms with E-state index < -0.39 is 11.8 Å². The van der Waals surface area contributed by atoms with Crippen LogP contribution < -0.4 is 4.90 Å². The molecule has 7 nitrogen and oxygen atoms in total. The van der Waals surface area contributed by atoms with Crippen molar-refractivity contribution in [3.63, 3.8) is 0 Å². The minimum absolute atomic E-state index is 0.0594. The normalized spacial score (nSPS) is 15.4. The van der Waals surface area contributed by atoms with Crippen LogP contribution in [0.4, 0.5) is 5.69 Å². The summed E-state index contributed by atoms with van der Waals surface area (Å²) in [6, 6.07) is 19.5. The second-order valence-corrected chi connectivity index (χ2v) is 12.7. The van der Waals surface area contributed by atoms with Gasteiger partial charge in [-0.15, -0.1) is 0 Å². The van der Waals surface area contributed by atoms with E-state index in [-0.39, 0.29) is 23.5 Å². The van der Waals surface area contributed by atoms with Crippen molar-refractivity contribution in [3.8, 4) is 5.75 Å². The lowest BCUT2D eigenvalue weighted by Crippen LogP contribution is -2.43. The molecule has 0 saturated carbocycles. The van der Waals surface area contributed by atoms with Crippen molar-refractivity contribution in [1.29, 1.82) is 0 Å². The van der Waals surface area contributed by atoms with E-state index in [1.807, 2.05) is 36.4 Å². The van der Waals surface area contributed by atoms with Crippen LogP contribution in [0.15, 0.2) is 66.7 Å². The number of carbonyl (C=O) groups is 4. The summed E-state index contributed by atoms with van der Waals surface area (Å²) >= 11 is 0. The van der Waals surface area contributed by atoms with Crippen molar-refractivity contribution >= 4 is 72.4 Å². The number of hydrogen-bond donors (Lipinski definition) is 1. The number of unbranched alkanes of at least 4 members (excludes halogenated alkanes) is 1. The molecule has 2 aliphatic heterocycles. The van der Waals surface area contributed by atoms with Gasteiger partial charge in [-0.1, -0.05) is 57.4 Å². The van der Waals surface area contributed by atoms with Gasteiger partial charge < -0.3 is 5.11 Å². The van der Waals surface area contributed by atoms with E-state index in [4.69, 9.17) is 0 Å². The van der Waals surface area contributed by atoms with Crippen LogP contribution in [0.3, 0.4) is 0 Å². The number of aromatic hydroxyl groups is 1. The van der Waals surface area contributed by atoms with Gasteiger partial charge in [0, 0.05) is 39.6 Å². The SMILES string of the molecule is CCCCC(CC)CN1C(=O)c2ccc3c4ccc5c6c(ccc(c7ccc(c2c37)C1=O)c64)C(=O)N(c1ccc(O)cc1C)C5=O. The molecule has 7 heteroatoms. The van der Waals surface area contributed by atoms with Crippen LogP contribution in [0.5, 0.6) is 5.75 Å². The van der Waals surface area contributed by atoms with Crippen molar-refractivity contribution in [2.24, 2.45) is 5.92 Å². The molecule has 0 spiro atoms. The van der Waals surface area contributed by atoms with Gasteiger partial charge in [-0.05, 0) is 99.6 Å². The highest BCUT2D eigenvalue weighted by Crippen LogP contribution is 2.47. The number of carbonyl (C=O) groups excluding carboxylic acids is 4. The molecule has 0 fully saturated rings. The Bertz CT molecular complexity index is 2220. The molecular weight excluding hydrogens is 576 g/mol. The summed E-state index contributed by atoms with van der Waals surface area (Å²) in [5.41, 5.74) is 2.94. The van der Waals surface area contributed by atoms with Gasteiger partial charge in [0.25, 0.3) is 23.6 Å². The van der Waals surface area contributed by atoms with Crippen molar-refractivity contribution in [3.05, 3.63) is 94.5 Å². The molecule has 1 unspecified atom stereocenters. The first-order valence-electron chi connectivity index (χ1n) is 16.0. The maximum Gasteiger partial charge on any atom is 0.265 e. The van der Waals surface area contributed by atoms with Crippen LogP contribution in [0.1, 0.15) is 86.5 Å². The predicted octanol–water partition coefficient (Wildman–Crippen LogP) is 8.36. The summed E-state index contributed by atoms with van der Waals surface area (Å²) in [4.78, 5) is 58.4. The number of phenols is 1. The maximum absolute atomic E-state index is 14.0.